The second kappa shape index (κ2) is 8.65. The van der Waals surface area contributed by atoms with E-state index in [1.165, 1.54) is 4.31 Å². The minimum absolute atomic E-state index is 0. The summed E-state index contributed by atoms with van der Waals surface area (Å²) in [5, 5.41) is 0. The Bertz CT molecular complexity index is 492. The molecule has 2 atom stereocenters. The molecule has 0 radical (unpaired) electrons. The predicted octanol–water partition coefficient (Wildman–Crippen LogP) is 1.20. The van der Waals surface area contributed by atoms with Crippen LogP contribution in [-0.2, 0) is 14.8 Å². The molecule has 1 aliphatic carbocycles. The molecule has 0 aromatic rings. The zero-order valence-electron chi connectivity index (χ0n) is 14.1. The van der Waals surface area contributed by atoms with Crippen molar-refractivity contribution in [1.29, 1.82) is 0 Å². The van der Waals surface area contributed by atoms with Gasteiger partial charge in [-0.1, -0.05) is 6.42 Å². The summed E-state index contributed by atoms with van der Waals surface area (Å²) in [6.07, 6.45) is 5.20. The van der Waals surface area contributed by atoms with Crippen LogP contribution in [0.25, 0.3) is 0 Å². The lowest BCUT2D eigenvalue weighted by Gasteiger charge is -2.36. The van der Waals surface area contributed by atoms with Gasteiger partial charge in [-0.2, -0.15) is 0 Å². The van der Waals surface area contributed by atoms with Crippen LogP contribution in [0.5, 0.6) is 0 Å². The first-order valence-corrected chi connectivity index (χ1v) is 9.95. The van der Waals surface area contributed by atoms with E-state index >= 15 is 0 Å². The highest BCUT2D eigenvalue weighted by atomic mass is 35.5. The number of hydrogen-bond acceptors (Lipinski definition) is 4. The lowest BCUT2D eigenvalue weighted by molar-refractivity contribution is -0.133. The van der Waals surface area contributed by atoms with Crippen LogP contribution in [0.1, 0.15) is 45.4 Å². The van der Waals surface area contributed by atoms with Crippen LogP contribution in [0.3, 0.4) is 0 Å². The number of piperidine rings is 1. The van der Waals surface area contributed by atoms with E-state index in [0.29, 0.717) is 25.4 Å². The number of likely N-dealkylation sites (tertiary alicyclic amines) is 1. The molecule has 2 aliphatic rings. The number of carbonyl (C=O) groups is 1. The number of hydrogen-bond donors (Lipinski definition) is 1. The summed E-state index contributed by atoms with van der Waals surface area (Å²) < 4.78 is 25.3. The van der Waals surface area contributed by atoms with E-state index in [9.17, 15) is 13.2 Å². The van der Waals surface area contributed by atoms with Crippen molar-refractivity contribution in [3.8, 4) is 0 Å². The lowest BCUT2D eigenvalue weighted by Crippen LogP contribution is -2.48. The highest BCUT2D eigenvalue weighted by molar-refractivity contribution is 7.89. The highest BCUT2D eigenvalue weighted by Crippen LogP contribution is 2.28. The third-order valence-corrected chi connectivity index (χ3v) is 7.19. The average molecular weight is 368 g/mol. The molecule has 2 rings (SSSR count). The minimum Gasteiger partial charge on any atom is -0.343 e. The minimum atomic E-state index is -3.15. The van der Waals surface area contributed by atoms with E-state index in [-0.39, 0.29) is 36.2 Å². The number of carbonyl (C=O) groups excluding carboxylic acids is 1. The third kappa shape index (κ3) is 5.05. The second-order valence-corrected chi connectivity index (χ2v) is 8.90. The van der Waals surface area contributed by atoms with E-state index in [0.717, 1.165) is 32.1 Å². The summed E-state index contributed by atoms with van der Waals surface area (Å²) in [5.74, 6) is 0.637. The summed E-state index contributed by atoms with van der Waals surface area (Å²) in [6, 6.07) is 0.185. The van der Waals surface area contributed by atoms with E-state index in [1.807, 2.05) is 4.90 Å². The molecule has 2 N–H and O–H groups in total. The van der Waals surface area contributed by atoms with Gasteiger partial charge in [0.25, 0.3) is 0 Å². The number of rotatable bonds is 5. The summed E-state index contributed by atoms with van der Waals surface area (Å²) in [6.45, 7) is 2.96. The van der Waals surface area contributed by atoms with Crippen LogP contribution >= 0.6 is 12.4 Å². The zero-order valence-corrected chi connectivity index (χ0v) is 15.7. The van der Waals surface area contributed by atoms with Crippen molar-refractivity contribution in [3.05, 3.63) is 0 Å². The Morgan fingerprint density at radius 1 is 1.22 bits per heavy atom. The summed E-state index contributed by atoms with van der Waals surface area (Å²) >= 11 is 0. The Morgan fingerprint density at radius 3 is 2.30 bits per heavy atom. The Hall–Kier alpha value is -0.370. The van der Waals surface area contributed by atoms with Crippen LogP contribution < -0.4 is 5.73 Å². The number of nitrogens with two attached hydrogens (primary N) is 1. The monoisotopic (exact) mass is 367 g/mol. The molecule has 1 saturated heterocycles. The van der Waals surface area contributed by atoms with Gasteiger partial charge in [0.05, 0.1) is 5.75 Å². The number of amides is 1. The van der Waals surface area contributed by atoms with Crippen LogP contribution in [0, 0.1) is 5.92 Å². The first-order valence-electron chi connectivity index (χ1n) is 8.34. The molecular weight excluding hydrogens is 338 g/mol. The zero-order chi connectivity index (χ0) is 16.3. The van der Waals surface area contributed by atoms with Gasteiger partial charge in [-0.25, -0.2) is 12.7 Å². The van der Waals surface area contributed by atoms with Gasteiger partial charge in [0.15, 0.2) is 0 Å². The Labute approximate surface area is 146 Å². The fourth-order valence-corrected chi connectivity index (χ4v) is 4.65. The summed E-state index contributed by atoms with van der Waals surface area (Å²) in [5.41, 5.74) is 6.04. The maximum Gasteiger partial charge on any atom is 0.222 e. The number of sulfonamides is 1. The molecule has 136 valence electrons. The molecule has 1 saturated carbocycles. The van der Waals surface area contributed by atoms with Gasteiger partial charge < -0.3 is 10.6 Å². The Balaban J connectivity index is 0.00000264. The molecule has 0 aromatic heterocycles. The molecule has 1 amide bonds. The van der Waals surface area contributed by atoms with Crippen molar-refractivity contribution in [1.82, 2.24) is 9.21 Å². The Morgan fingerprint density at radius 2 is 1.83 bits per heavy atom. The van der Waals surface area contributed by atoms with Crippen molar-refractivity contribution in [2.24, 2.45) is 11.7 Å². The topological polar surface area (TPSA) is 83.7 Å². The van der Waals surface area contributed by atoms with Crippen LogP contribution in [0.2, 0.25) is 0 Å². The van der Waals surface area contributed by atoms with Gasteiger partial charge in [-0.3, -0.25) is 4.79 Å². The quantitative estimate of drug-likeness (QED) is 0.791. The normalized spacial score (nSPS) is 26.3. The van der Waals surface area contributed by atoms with E-state index in [2.05, 4.69) is 0 Å². The van der Waals surface area contributed by atoms with Gasteiger partial charge in [0.1, 0.15) is 0 Å². The molecule has 2 fully saturated rings. The fourth-order valence-electron chi connectivity index (χ4n) is 3.58. The standard InChI is InChI=1S/C15H29N3O3S.ClH/c1-3-22(20,21)17(2)13-7-9-18(10-8-13)15(19)11-12-5-4-6-14(12)16;/h12-14H,3-11,16H2,1-2H3;1H/t12-,14+;/m0./s1. The van der Waals surface area contributed by atoms with Gasteiger partial charge >= 0.3 is 0 Å². The molecule has 23 heavy (non-hydrogen) atoms. The largest absolute Gasteiger partial charge is 0.343 e. The summed E-state index contributed by atoms with van der Waals surface area (Å²) in [7, 11) is -1.50. The first-order chi connectivity index (χ1) is 10.3. The number of nitrogens with zero attached hydrogens (tertiary/aromatic N) is 2. The van der Waals surface area contributed by atoms with Crippen molar-refractivity contribution in [3.63, 3.8) is 0 Å². The van der Waals surface area contributed by atoms with Crippen LogP contribution in [0.15, 0.2) is 0 Å². The fraction of sp³-hybridized carbons (Fsp3) is 0.933. The summed E-state index contributed by atoms with van der Waals surface area (Å²) in [4.78, 5) is 14.3. The highest BCUT2D eigenvalue weighted by Gasteiger charge is 2.32. The van der Waals surface area contributed by atoms with Crippen molar-refractivity contribution in [2.45, 2.75) is 57.5 Å². The SMILES string of the molecule is CCS(=O)(=O)N(C)C1CCN(C(=O)C[C@@H]2CCC[C@H]2N)CC1.Cl. The lowest BCUT2D eigenvalue weighted by atomic mass is 9.98. The van der Waals surface area contributed by atoms with Crippen molar-refractivity contribution in [2.75, 3.05) is 25.9 Å². The molecule has 6 nitrogen and oxygen atoms in total. The maximum absolute atomic E-state index is 12.4. The third-order valence-electron chi connectivity index (χ3n) is 5.29. The van der Waals surface area contributed by atoms with Crippen molar-refractivity contribution >= 4 is 28.3 Å². The maximum atomic E-state index is 12.4. The molecule has 0 unspecified atom stereocenters. The van der Waals surface area contributed by atoms with Gasteiger partial charge in [0.2, 0.25) is 15.9 Å². The molecule has 1 aliphatic heterocycles. The molecule has 0 spiro atoms. The second-order valence-electron chi connectivity index (χ2n) is 6.59. The average Bonchev–Trinajstić information content (AvgIpc) is 2.91. The Kier molecular flexibility index (Phi) is 7.77. The van der Waals surface area contributed by atoms with Crippen LogP contribution in [0.4, 0.5) is 0 Å². The van der Waals surface area contributed by atoms with E-state index < -0.39 is 10.0 Å². The van der Waals surface area contributed by atoms with Crippen molar-refractivity contribution < 1.29 is 13.2 Å². The molecule has 0 aromatic carbocycles. The number of halogens is 1. The molecule has 1 heterocycles. The van der Waals surface area contributed by atoms with Gasteiger partial charge in [-0.15, -0.1) is 12.4 Å². The smallest absolute Gasteiger partial charge is 0.222 e. The van der Waals surface area contributed by atoms with Crippen LogP contribution in [-0.4, -0.2) is 61.5 Å². The van der Waals surface area contributed by atoms with E-state index in [4.69, 9.17) is 5.73 Å². The molecule has 8 heteroatoms. The van der Waals surface area contributed by atoms with Gasteiger partial charge in [0, 0.05) is 38.6 Å². The first kappa shape index (κ1) is 20.7. The predicted molar refractivity (Wildman–Crippen MR) is 94.0 cm³/mol. The molecular formula is C15H30ClN3O3S. The molecule has 0 bridgehead atoms. The van der Waals surface area contributed by atoms with Gasteiger partial charge in [-0.05, 0) is 38.5 Å². The van der Waals surface area contributed by atoms with E-state index in [1.54, 1.807) is 14.0 Å².